The number of fused-ring (bicyclic) bond motifs is 5. The van der Waals surface area contributed by atoms with Gasteiger partial charge in [-0.3, -0.25) is 0 Å². The van der Waals surface area contributed by atoms with Gasteiger partial charge in [0.15, 0.2) is 0 Å². The molecule has 0 fully saturated rings. The summed E-state index contributed by atoms with van der Waals surface area (Å²) in [5.74, 6) is 0. The SMILES string of the molecule is C1=Cc2ccc3c(ccc4ccccc43)c2C=CN1. The van der Waals surface area contributed by atoms with Gasteiger partial charge in [-0.25, -0.2) is 0 Å². The molecule has 1 aliphatic rings. The van der Waals surface area contributed by atoms with Crippen molar-refractivity contribution in [3.05, 3.63) is 72.1 Å². The Labute approximate surface area is 111 Å². The zero-order chi connectivity index (χ0) is 12.7. The molecule has 1 heterocycles. The molecule has 4 rings (SSSR count). The molecule has 3 aromatic carbocycles. The second kappa shape index (κ2) is 3.99. The van der Waals surface area contributed by atoms with E-state index >= 15 is 0 Å². The van der Waals surface area contributed by atoms with E-state index in [2.05, 4.69) is 66.0 Å². The molecule has 1 nitrogen and oxygen atoms in total. The van der Waals surface area contributed by atoms with Crippen LogP contribution >= 0.6 is 0 Å². The average molecular weight is 243 g/mol. The van der Waals surface area contributed by atoms with Gasteiger partial charge in [-0.15, -0.1) is 0 Å². The molecule has 0 aromatic heterocycles. The molecule has 0 bridgehead atoms. The summed E-state index contributed by atoms with van der Waals surface area (Å²) >= 11 is 0. The second-order valence-electron chi connectivity index (χ2n) is 4.78. The topological polar surface area (TPSA) is 12.0 Å². The summed E-state index contributed by atoms with van der Waals surface area (Å²) in [6.07, 6.45) is 8.21. The van der Waals surface area contributed by atoms with E-state index in [0.717, 1.165) is 0 Å². The van der Waals surface area contributed by atoms with E-state index in [0.29, 0.717) is 0 Å². The Morgan fingerprint density at radius 2 is 1.47 bits per heavy atom. The van der Waals surface area contributed by atoms with Gasteiger partial charge in [0.2, 0.25) is 0 Å². The third kappa shape index (κ3) is 1.55. The highest BCUT2D eigenvalue weighted by molar-refractivity contribution is 6.10. The Balaban J connectivity index is 2.19. The number of hydrogen-bond acceptors (Lipinski definition) is 1. The lowest BCUT2D eigenvalue weighted by molar-refractivity contribution is 1.22. The van der Waals surface area contributed by atoms with Crippen LogP contribution in [-0.4, -0.2) is 0 Å². The molecule has 0 radical (unpaired) electrons. The van der Waals surface area contributed by atoms with Crippen LogP contribution in [-0.2, 0) is 0 Å². The fraction of sp³-hybridized carbons (Fsp3) is 0. The predicted molar refractivity (Wildman–Crippen MR) is 82.7 cm³/mol. The van der Waals surface area contributed by atoms with Gasteiger partial charge in [-0.2, -0.15) is 0 Å². The summed E-state index contributed by atoms with van der Waals surface area (Å²) in [6, 6.07) is 17.4. The maximum absolute atomic E-state index is 3.13. The predicted octanol–water partition coefficient (Wildman–Crippen LogP) is 4.54. The highest BCUT2D eigenvalue weighted by Gasteiger charge is 2.07. The first kappa shape index (κ1) is 10.4. The maximum atomic E-state index is 3.13. The highest BCUT2D eigenvalue weighted by Crippen LogP contribution is 2.31. The zero-order valence-electron chi connectivity index (χ0n) is 10.4. The summed E-state index contributed by atoms with van der Waals surface area (Å²) in [5, 5.41) is 8.37. The Kier molecular flexibility index (Phi) is 2.18. The molecular weight excluding hydrogens is 230 g/mol. The summed E-state index contributed by atoms with van der Waals surface area (Å²) in [6.45, 7) is 0. The van der Waals surface area contributed by atoms with E-state index in [4.69, 9.17) is 0 Å². The van der Waals surface area contributed by atoms with Gasteiger partial charge in [0, 0.05) is 12.4 Å². The lowest BCUT2D eigenvalue weighted by atomic mass is 9.95. The van der Waals surface area contributed by atoms with Gasteiger partial charge in [0.25, 0.3) is 0 Å². The smallest absolute Gasteiger partial charge is 0.00108 e. The lowest BCUT2D eigenvalue weighted by Gasteiger charge is -2.09. The first-order valence-electron chi connectivity index (χ1n) is 6.47. The normalized spacial score (nSPS) is 13.3. The zero-order valence-corrected chi connectivity index (χ0v) is 10.4. The van der Waals surface area contributed by atoms with E-state index in [9.17, 15) is 0 Å². The molecule has 0 aliphatic carbocycles. The van der Waals surface area contributed by atoms with Crippen molar-refractivity contribution >= 4 is 33.7 Å². The number of hydrogen-bond donors (Lipinski definition) is 1. The molecule has 0 atom stereocenters. The standard InChI is InChI=1S/C18H13N/c1-2-4-15-13(3-1)5-7-18-16-10-12-19-11-9-14(16)6-8-17(15)18/h1-12,19H. The van der Waals surface area contributed by atoms with Crippen LogP contribution in [0.1, 0.15) is 11.1 Å². The van der Waals surface area contributed by atoms with Crippen molar-refractivity contribution in [3.63, 3.8) is 0 Å². The molecule has 0 spiro atoms. The monoisotopic (exact) mass is 243 g/mol. The fourth-order valence-electron chi connectivity index (χ4n) is 2.78. The van der Waals surface area contributed by atoms with E-state index < -0.39 is 0 Å². The second-order valence-corrected chi connectivity index (χ2v) is 4.78. The van der Waals surface area contributed by atoms with E-state index in [1.807, 2.05) is 12.4 Å². The fourth-order valence-corrected chi connectivity index (χ4v) is 2.78. The van der Waals surface area contributed by atoms with Crippen LogP contribution in [0.4, 0.5) is 0 Å². The molecular formula is C18H13N. The first-order chi connectivity index (χ1) is 9.43. The highest BCUT2D eigenvalue weighted by atomic mass is 14.8. The Bertz CT molecular complexity index is 841. The molecule has 1 N–H and O–H groups in total. The third-order valence-corrected chi connectivity index (χ3v) is 3.71. The molecule has 19 heavy (non-hydrogen) atoms. The van der Waals surface area contributed by atoms with E-state index in [1.54, 1.807) is 0 Å². The van der Waals surface area contributed by atoms with Crippen molar-refractivity contribution in [2.75, 3.05) is 0 Å². The van der Waals surface area contributed by atoms with Crippen molar-refractivity contribution in [1.29, 1.82) is 0 Å². The number of rotatable bonds is 0. The molecule has 0 amide bonds. The van der Waals surface area contributed by atoms with Crippen LogP contribution in [0.15, 0.2) is 60.9 Å². The van der Waals surface area contributed by atoms with Crippen molar-refractivity contribution < 1.29 is 0 Å². The van der Waals surface area contributed by atoms with Crippen LogP contribution in [0, 0.1) is 0 Å². The minimum absolute atomic E-state index is 1.25. The quantitative estimate of drug-likeness (QED) is 0.572. The minimum atomic E-state index is 1.25. The Morgan fingerprint density at radius 1 is 0.632 bits per heavy atom. The van der Waals surface area contributed by atoms with Gasteiger partial charge >= 0.3 is 0 Å². The van der Waals surface area contributed by atoms with E-state index in [1.165, 1.54) is 32.7 Å². The average Bonchev–Trinajstić information content (AvgIpc) is 2.72. The largest absolute Gasteiger partial charge is 0.368 e. The van der Waals surface area contributed by atoms with Gasteiger partial charge < -0.3 is 5.32 Å². The molecule has 3 aromatic rings. The van der Waals surface area contributed by atoms with Crippen LogP contribution in [0.5, 0.6) is 0 Å². The van der Waals surface area contributed by atoms with Gasteiger partial charge in [-0.05, 0) is 44.8 Å². The molecule has 1 aliphatic heterocycles. The molecule has 0 saturated carbocycles. The molecule has 90 valence electrons. The van der Waals surface area contributed by atoms with Crippen molar-refractivity contribution in [2.45, 2.75) is 0 Å². The Hall–Kier alpha value is -2.54. The third-order valence-electron chi connectivity index (χ3n) is 3.71. The summed E-state index contributed by atoms with van der Waals surface area (Å²) in [4.78, 5) is 0. The Morgan fingerprint density at radius 3 is 2.47 bits per heavy atom. The van der Waals surface area contributed by atoms with Crippen LogP contribution < -0.4 is 5.32 Å². The summed E-state index contributed by atoms with van der Waals surface area (Å²) in [7, 11) is 0. The number of nitrogens with one attached hydrogen (secondary N) is 1. The van der Waals surface area contributed by atoms with Crippen molar-refractivity contribution in [3.8, 4) is 0 Å². The van der Waals surface area contributed by atoms with Gasteiger partial charge in [0.1, 0.15) is 0 Å². The van der Waals surface area contributed by atoms with Crippen LogP contribution in [0.25, 0.3) is 33.7 Å². The molecule has 1 heteroatoms. The summed E-state index contributed by atoms with van der Waals surface area (Å²) in [5.41, 5.74) is 2.54. The molecule has 0 saturated heterocycles. The van der Waals surface area contributed by atoms with Crippen LogP contribution in [0.2, 0.25) is 0 Å². The maximum Gasteiger partial charge on any atom is 0.00108 e. The lowest BCUT2D eigenvalue weighted by Crippen LogP contribution is -1.87. The van der Waals surface area contributed by atoms with Gasteiger partial charge in [-0.1, -0.05) is 48.5 Å². The van der Waals surface area contributed by atoms with Gasteiger partial charge in [0.05, 0.1) is 0 Å². The van der Waals surface area contributed by atoms with Crippen molar-refractivity contribution in [1.82, 2.24) is 5.32 Å². The van der Waals surface area contributed by atoms with Crippen LogP contribution in [0.3, 0.4) is 0 Å². The first-order valence-corrected chi connectivity index (χ1v) is 6.47. The summed E-state index contributed by atoms with van der Waals surface area (Å²) < 4.78 is 0. The van der Waals surface area contributed by atoms with E-state index in [-0.39, 0.29) is 0 Å². The number of benzene rings is 3. The van der Waals surface area contributed by atoms with Crippen molar-refractivity contribution in [2.24, 2.45) is 0 Å². The minimum Gasteiger partial charge on any atom is -0.368 e. The molecule has 0 unspecified atom stereocenters.